The zero-order valence-corrected chi connectivity index (χ0v) is 15.2. The molecule has 6 nitrogen and oxygen atoms in total. The minimum atomic E-state index is -0.195. The van der Waals surface area contributed by atoms with Crippen molar-refractivity contribution in [3.8, 4) is 0 Å². The van der Waals surface area contributed by atoms with Crippen molar-refractivity contribution in [2.45, 2.75) is 38.6 Å². The Labute approximate surface area is 147 Å². The van der Waals surface area contributed by atoms with Crippen LogP contribution in [0.4, 0.5) is 4.79 Å². The molecular formula is C17H27N3O3S. The molecule has 0 N–H and O–H groups in total. The Kier molecular flexibility index (Phi) is 6.45. The SMILES string of the molecule is Cc1nc(CCN2CCCCC2COC(=O)N2CCOCC2)cs1. The van der Waals surface area contributed by atoms with Crippen LogP contribution in [0.3, 0.4) is 0 Å². The number of rotatable bonds is 5. The second kappa shape index (κ2) is 8.78. The summed E-state index contributed by atoms with van der Waals surface area (Å²) in [5.41, 5.74) is 1.17. The molecule has 2 aliphatic heterocycles. The minimum absolute atomic E-state index is 0.195. The van der Waals surface area contributed by atoms with E-state index < -0.39 is 0 Å². The Balaban J connectivity index is 1.45. The van der Waals surface area contributed by atoms with E-state index in [1.54, 1.807) is 16.2 Å². The molecule has 3 heterocycles. The number of aromatic nitrogens is 1. The first-order valence-electron chi connectivity index (χ1n) is 8.87. The predicted octanol–water partition coefficient (Wildman–Crippen LogP) is 2.32. The van der Waals surface area contributed by atoms with Crippen LogP contribution in [0.1, 0.15) is 30.0 Å². The Bertz CT molecular complexity index is 531. The van der Waals surface area contributed by atoms with Crippen LogP contribution >= 0.6 is 11.3 Å². The van der Waals surface area contributed by atoms with Crippen LogP contribution in [-0.2, 0) is 15.9 Å². The van der Waals surface area contributed by atoms with Crippen LogP contribution < -0.4 is 0 Å². The predicted molar refractivity (Wildman–Crippen MR) is 93.5 cm³/mol. The molecule has 0 aromatic carbocycles. The molecule has 1 aromatic heterocycles. The summed E-state index contributed by atoms with van der Waals surface area (Å²) in [6, 6.07) is 0.337. The van der Waals surface area contributed by atoms with E-state index >= 15 is 0 Å². The number of nitrogens with zero attached hydrogens (tertiary/aromatic N) is 3. The van der Waals surface area contributed by atoms with E-state index in [0.717, 1.165) is 30.9 Å². The molecule has 0 aliphatic carbocycles. The molecule has 0 radical (unpaired) electrons. The van der Waals surface area contributed by atoms with Crippen molar-refractivity contribution in [2.24, 2.45) is 0 Å². The summed E-state index contributed by atoms with van der Waals surface area (Å²) < 4.78 is 10.9. The molecule has 0 spiro atoms. The summed E-state index contributed by atoms with van der Waals surface area (Å²) in [4.78, 5) is 20.9. The third-order valence-electron chi connectivity index (χ3n) is 4.74. The van der Waals surface area contributed by atoms with Crippen molar-refractivity contribution < 1.29 is 14.3 Å². The summed E-state index contributed by atoms with van der Waals surface area (Å²) in [7, 11) is 0. The van der Waals surface area contributed by atoms with E-state index in [0.29, 0.717) is 39.0 Å². The summed E-state index contributed by atoms with van der Waals surface area (Å²) in [6.07, 6.45) is 4.32. The van der Waals surface area contributed by atoms with Crippen molar-refractivity contribution in [3.05, 3.63) is 16.1 Å². The first kappa shape index (κ1) is 17.6. The highest BCUT2D eigenvalue weighted by atomic mass is 32.1. The molecule has 3 rings (SSSR count). The number of ether oxygens (including phenoxy) is 2. The highest BCUT2D eigenvalue weighted by Crippen LogP contribution is 2.19. The second-order valence-electron chi connectivity index (χ2n) is 6.47. The van der Waals surface area contributed by atoms with Crippen LogP contribution in [0, 0.1) is 6.92 Å². The summed E-state index contributed by atoms with van der Waals surface area (Å²) in [5, 5.41) is 3.27. The van der Waals surface area contributed by atoms with Gasteiger partial charge in [0.2, 0.25) is 0 Å². The van der Waals surface area contributed by atoms with Crippen molar-refractivity contribution >= 4 is 17.4 Å². The van der Waals surface area contributed by atoms with Gasteiger partial charge in [-0.1, -0.05) is 6.42 Å². The van der Waals surface area contributed by atoms with E-state index in [1.165, 1.54) is 18.5 Å². The zero-order valence-electron chi connectivity index (χ0n) is 14.4. The van der Waals surface area contributed by atoms with Crippen LogP contribution in [0.25, 0.3) is 0 Å². The van der Waals surface area contributed by atoms with Gasteiger partial charge in [-0.2, -0.15) is 0 Å². The number of carbonyl (C=O) groups excluding carboxylic acids is 1. The van der Waals surface area contributed by atoms with Gasteiger partial charge >= 0.3 is 6.09 Å². The average molecular weight is 353 g/mol. The van der Waals surface area contributed by atoms with Gasteiger partial charge in [-0.25, -0.2) is 9.78 Å². The molecule has 0 bridgehead atoms. The number of aryl methyl sites for hydroxylation is 1. The number of hydrogen-bond acceptors (Lipinski definition) is 6. The van der Waals surface area contributed by atoms with Crippen LogP contribution in [0.5, 0.6) is 0 Å². The molecule has 134 valence electrons. The lowest BCUT2D eigenvalue weighted by Crippen LogP contribution is -2.46. The monoisotopic (exact) mass is 353 g/mol. The van der Waals surface area contributed by atoms with Crippen molar-refractivity contribution in [1.29, 1.82) is 0 Å². The number of thiazole rings is 1. The largest absolute Gasteiger partial charge is 0.448 e. The third kappa shape index (κ3) is 4.91. The first-order chi connectivity index (χ1) is 11.7. The number of amides is 1. The van der Waals surface area contributed by atoms with Crippen molar-refractivity contribution in [3.63, 3.8) is 0 Å². The van der Waals surface area contributed by atoms with Crippen LogP contribution in [-0.4, -0.2) is 72.9 Å². The fourth-order valence-electron chi connectivity index (χ4n) is 3.33. The van der Waals surface area contributed by atoms with Gasteiger partial charge < -0.3 is 14.4 Å². The fraction of sp³-hybridized carbons (Fsp3) is 0.765. The molecular weight excluding hydrogens is 326 g/mol. The molecule has 0 saturated carbocycles. The van der Waals surface area contributed by atoms with Gasteiger partial charge in [-0.05, 0) is 26.3 Å². The van der Waals surface area contributed by atoms with E-state index in [-0.39, 0.29) is 6.09 Å². The van der Waals surface area contributed by atoms with Gasteiger partial charge in [-0.3, -0.25) is 4.90 Å². The van der Waals surface area contributed by atoms with Crippen LogP contribution in [0.2, 0.25) is 0 Å². The van der Waals surface area contributed by atoms with Crippen molar-refractivity contribution in [2.75, 3.05) is 46.0 Å². The van der Waals surface area contributed by atoms with Gasteiger partial charge in [0.05, 0.1) is 23.9 Å². The van der Waals surface area contributed by atoms with E-state index in [1.807, 2.05) is 6.92 Å². The Morgan fingerprint density at radius 1 is 1.38 bits per heavy atom. The molecule has 2 saturated heterocycles. The lowest BCUT2D eigenvalue weighted by Gasteiger charge is -2.35. The maximum Gasteiger partial charge on any atom is 0.409 e. The zero-order chi connectivity index (χ0) is 16.8. The summed E-state index contributed by atoms with van der Waals surface area (Å²) in [6.45, 7) is 7.10. The molecule has 1 unspecified atom stereocenters. The summed E-state index contributed by atoms with van der Waals surface area (Å²) in [5.74, 6) is 0. The lowest BCUT2D eigenvalue weighted by molar-refractivity contribution is 0.0132. The smallest absolute Gasteiger partial charge is 0.409 e. The minimum Gasteiger partial charge on any atom is -0.448 e. The Morgan fingerprint density at radius 2 is 2.21 bits per heavy atom. The molecule has 2 fully saturated rings. The van der Waals surface area contributed by atoms with E-state index in [9.17, 15) is 4.79 Å². The standard InChI is InChI=1S/C17H27N3O3S/c1-14-18-15(13-24-14)5-7-19-6-3-2-4-16(19)12-23-17(21)20-8-10-22-11-9-20/h13,16H,2-12H2,1H3. The van der Waals surface area contributed by atoms with E-state index in [2.05, 4.69) is 15.3 Å². The number of carbonyl (C=O) groups is 1. The van der Waals surface area contributed by atoms with Crippen LogP contribution in [0.15, 0.2) is 5.38 Å². The maximum atomic E-state index is 12.2. The van der Waals surface area contributed by atoms with Gasteiger partial charge in [0.15, 0.2) is 0 Å². The second-order valence-corrected chi connectivity index (χ2v) is 7.53. The Morgan fingerprint density at radius 3 is 2.96 bits per heavy atom. The molecule has 1 aromatic rings. The quantitative estimate of drug-likeness (QED) is 0.813. The average Bonchev–Trinajstić information content (AvgIpc) is 3.04. The first-order valence-corrected chi connectivity index (χ1v) is 9.75. The number of piperidine rings is 1. The molecule has 24 heavy (non-hydrogen) atoms. The topological polar surface area (TPSA) is 54.9 Å². The van der Waals surface area contributed by atoms with Crippen molar-refractivity contribution in [1.82, 2.24) is 14.8 Å². The summed E-state index contributed by atoms with van der Waals surface area (Å²) >= 11 is 1.71. The molecule has 2 aliphatic rings. The number of likely N-dealkylation sites (tertiary alicyclic amines) is 1. The fourth-order valence-corrected chi connectivity index (χ4v) is 3.98. The number of morpholine rings is 1. The lowest BCUT2D eigenvalue weighted by atomic mass is 10.0. The highest BCUT2D eigenvalue weighted by molar-refractivity contribution is 7.09. The molecule has 7 heteroatoms. The van der Waals surface area contributed by atoms with Gasteiger partial charge in [0.1, 0.15) is 6.61 Å². The molecule has 1 amide bonds. The highest BCUT2D eigenvalue weighted by Gasteiger charge is 2.25. The maximum absolute atomic E-state index is 12.2. The molecule has 1 atom stereocenters. The number of hydrogen-bond donors (Lipinski definition) is 0. The van der Waals surface area contributed by atoms with E-state index in [4.69, 9.17) is 9.47 Å². The van der Waals surface area contributed by atoms with Gasteiger partial charge in [-0.15, -0.1) is 11.3 Å². The third-order valence-corrected chi connectivity index (χ3v) is 5.56. The van der Waals surface area contributed by atoms with Gasteiger partial charge in [0.25, 0.3) is 0 Å². The Hall–Kier alpha value is -1.18. The van der Waals surface area contributed by atoms with Gasteiger partial charge in [0, 0.05) is 37.5 Å². The normalized spacial score (nSPS) is 22.5.